The third kappa shape index (κ3) is 3.44. The van der Waals surface area contributed by atoms with Gasteiger partial charge in [0, 0.05) is 13.0 Å². The van der Waals surface area contributed by atoms with E-state index in [1.807, 2.05) is 0 Å². The lowest BCUT2D eigenvalue weighted by atomic mass is 10.2. The molecule has 7 heteroatoms. The van der Waals surface area contributed by atoms with Gasteiger partial charge in [0.15, 0.2) is 0 Å². The SMILES string of the molecule is COC(=O)C1CC(OS(C)(=O)=O)CN1C. The number of likely N-dealkylation sites (tertiary alicyclic amines) is 1. The molecule has 0 bridgehead atoms. The Labute approximate surface area is 89.3 Å². The van der Waals surface area contributed by atoms with Crippen molar-refractivity contribution >= 4 is 16.1 Å². The number of hydrogen-bond acceptors (Lipinski definition) is 6. The molecule has 2 atom stereocenters. The van der Waals surface area contributed by atoms with Gasteiger partial charge < -0.3 is 4.74 Å². The molecule has 0 amide bonds. The Balaban J connectivity index is 2.60. The first-order valence-electron chi connectivity index (χ1n) is 4.50. The summed E-state index contributed by atoms with van der Waals surface area (Å²) in [6.45, 7) is 0.410. The van der Waals surface area contributed by atoms with E-state index in [1.54, 1.807) is 11.9 Å². The van der Waals surface area contributed by atoms with Gasteiger partial charge in [0.1, 0.15) is 6.04 Å². The first kappa shape index (κ1) is 12.4. The summed E-state index contributed by atoms with van der Waals surface area (Å²) >= 11 is 0. The van der Waals surface area contributed by atoms with Crippen LogP contribution >= 0.6 is 0 Å². The molecule has 15 heavy (non-hydrogen) atoms. The van der Waals surface area contributed by atoms with Crippen LogP contribution < -0.4 is 0 Å². The smallest absolute Gasteiger partial charge is 0.323 e. The zero-order valence-electron chi connectivity index (χ0n) is 8.97. The van der Waals surface area contributed by atoms with Crippen LogP contribution in [0, 0.1) is 0 Å². The molecule has 6 nitrogen and oxygen atoms in total. The lowest BCUT2D eigenvalue weighted by molar-refractivity contribution is -0.145. The number of hydrogen-bond donors (Lipinski definition) is 0. The van der Waals surface area contributed by atoms with E-state index in [9.17, 15) is 13.2 Å². The Morgan fingerprint density at radius 1 is 1.47 bits per heavy atom. The monoisotopic (exact) mass is 237 g/mol. The van der Waals surface area contributed by atoms with Gasteiger partial charge >= 0.3 is 5.97 Å². The Morgan fingerprint density at radius 3 is 2.53 bits per heavy atom. The molecule has 1 rings (SSSR count). The minimum absolute atomic E-state index is 0.343. The van der Waals surface area contributed by atoms with E-state index in [-0.39, 0.29) is 5.97 Å². The quantitative estimate of drug-likeness (QED) is 0.473. The summed E-state index contributed by atoms with van der Waals surface area (Å²) in [6, 6.07) is -0.415. The van der Waals surface area contributed by atoms with Gasteiger partial charge in [0.2, 0.25) is 0 Å². The molecule has 1 fully saturated rings. The van der Waals surface area contributed by atoms with Gasteiger partial charge in [-0.1, -0.05) is 0 Å². The van der Waals surface area contributed by atoms with Crippen LogP contribution in [0.25, 0.3) is 0 Å². The largest absolute Gasteiger partial charge is 0.468 e. The fourth-order valence-corrected chi connectivity index (χ4v) is 2.31. The molecule has 0 aromatic carbocycles. The van der Waals surface area contributed by atoms with Crippen LogP contribution in [-0.2, 0) is 23.8 Å². The molecule has 0 saturated carbocycles. The fraction of sp³-hybridized carbons (Fsp3) is 0.875. The average Bonchev–Trinajstić information content (AvgIpc) is 2.42. The Bertz CT molecular complexity index is 339. The Kier molecular flexibility index (Phi) is 3.69. The molecule has 88 valence electrons. The second-order valence-corrected chi connectivity index (χ2v) is 5.24. The van der Waals surface area contributed by atoms with E-state index in [1.165, 1.54) is 7.11 Å². The maximum atomic E-state index is 11.3. The first-order valence-corrected chi connectivity index (χ1v) is 6.31. The van der Waals surface area contributed by atoms with Gasteiger partial charge in [-0.05, 0) is 7.05 Å². The number of nitrogens with zero attached hydrogens (tertiary/aromatic N) is 1. The van der Waals surface area contributed by atoms with E-state index in [0.29, 0.717) is 13.0 Å². The Morgan fingerprint density at radius 2 is 2.07 bits per heavy atom. The molecule has 0 spiro atoms. The summed E-state index contributed by atoms with van der Waals surface area (Å²) in [5, 5.41) is 0. The van der Waals surface area contributed by atoms with Crippen LogP contribution in [0.3, 0.4) is 0 Å². The second kappa shape index (κ2) is 4.46. The normalized spacial score (nSPS) is 27.9. The van der Waals surface area contributed by atoms with Crippen molar-refractivity contribution in [3.05, 3.63) is 0 Å². The standard InChI is InChI=1S/C8H15NO5S/c1-9-5-6(14-15(3,11)12)4-7(9)8(10)13-2/h6-7H,4-5H2,1-3H3. The lowest BCUT2D eigenvalue weighted by Gasteiger charge is -2.15. The van der Waals surface area contributed by atoms with Gasteiger partial charge in [-0.25, -0.2) is 0 Å². The highest BCUT2D eigenvalue weighted by molar-refractivity contribution is 7.86. The van der Waals surface area contributed by atoms with Crippen LogP contribution in [0.5, 0.6) is 0 Å². The van der Waals surface area contributed by atoms with Crippen molar-refractivity contribution in [3.8, 4) is 0 Å². The van der Waals surface area contributed by atoms with Gasteiger partial charge in [-0.2, -0.15) is 8.42 Å². The molecular weight excluding hydrogens is 222 g/mol. The predicted octanol–water partition coefficient (Wildman–Crippen LogP) is -0.792. The molecule has 1 aliphatic rings. The van der Waals surface area contributed by atoms with E-state index in [0.717, 1.165) is 6.26 Å². The van der Waals surface area contributed by atoms with Gasteiger partial charge in [-0.3, -0.25) is 13.9 Å². The van der Waals surface area contributed by atoms with E-state index in [4.69, 9.17) is 4.18 Å². The second-order valence-electron chi connectivity index (χ2n) is 3.64. The van der Waals surface area contributed by atoms with Crippen LogP contribution in [0.1, 0.15) is 6.42 Å². The van der Waals surface area contributed by atoms with Crippen LogP contribution in [0.2, 0.25) is 0 Å². The summed E-state index contributed by atoms with van der Waals surface area (Å²) in [4.78, 5) is 13.0. The molecule has 2 unspecified atom stereocenters. The van der Waals surface area contributed by atoms with Crippen molar-refractivity contribution in [2.45, 2.75) is 18.6 Å². The summed E-state index contributed by atoms with van der Waals surface area (Å²) in [5.41, 5.74) is 0. The molecule has 1 saturated heterocycles. The van der Waals surface area contributed by atoms with Gasteiger partial charge in [0.05, 0.1) is 19.5 Å². The van der Waals surface area contributed by atoms with Crippen LogP contribution in [0.15, 0.2) is 0 Å². The fourth-order valence-electron chi connectivity index (χ4n) is 1.68. The predicted molar refractivity (Wildman–Crippen MR) is 52.8 cm³/mol. The van der Waals surface area contributed by atoms with Crippen molar-refractivity contribution < 1.29 is 22.1 Å². The highest BCUT2D eigenvalue weighted by Gasteiger charge is 2.37. The minimum Gasteiger partial charge on any atom is -0.468 e. The lowest BCUT2D eigenvalue weighted by Crippen LogP contribution is -2.33. The summed E-state index contributed by atoms with van der Waals surface area (Å²) < 4.78 is 31.2. The highest BCUT2D eigenvalue weighted by Crippen LogP contribution is 2.20. The number of carbonyl (C=O) groups is 1. The summed E-state index contributed by atoms with van der Waals surface area (Å²) in [7, 11) is -0.430. The molecule has 0 aromatic heterocycles. The number of likely N-dealkylation sites (N-methyl/N-ethyl adjacent to an activating group) is 1. The van der Waals surface area contributed by atoms with Gasteiger partial charge in [-0.15, -0.1) is 0 Å². The highest BCUT2D eigenvalue weighted by atomic mass is 32.2. The van der Waals surface area contributed by atoms with Crippen molar-refractivity contribution in [1.29, 1.82) is 0 Å². The third-order valence-electron chi connectivity index (χ3n) is 2.29. The topological polar surface area (TPSA) is 72.9 Å². The number of esters is 1. The summed E-state index contributed by atoms with van der Waals surface area (Å²) in [5.74, 6) is -0.364. The molecule has 0 aliphatic carbocycles. The van der Waals surface area contributed by atoms with Crippen LogP contribution in [-0.4, -0.2) is 58.4 Å². The molecule has 0 N–H and O–H groups in total. The van der Waals surface area contributed by atoms with E-state index in [2.05, 4.69) is 4.74 Å². The maximum Gasteiger partial charge on any atom is 0.323 e. The van der Waals surface area contributed by atoms with E-state index < -0.39 is 22.3 Å². The van der Waals surface area contributed by atoms with Crippen molar-refractivity contribution in [2.75, 3.05) is 27.0 Å². The van der Waals surface area contributed by atoms with E-state index >= 15 is 0 Å². The number of ether oxygens (including phenoxy) is 1. The number of carbonyl (C=O) groups excluding carboxylic acids is 1. The third-order valence-corrected chi connectivity index (χ3v) is 2.92. The first-order chi connectivity index (χ1) is 6.83. The number of methoxy groups -OCH3 is 1. The number of rotatable bonds is 3. The molecular formula is C8H15NO5S. The molecule has 0 aromatic rings. The summed E-state index contributed by atoms with van der Waals surface area (Å²) in [6.07, 6.45) is 0.878. The molecule has 0 radical (unpaired) electrons. The van der Waals surface area contributed by atoms with Crippen molar-refractivity contribution in [1.82, 2.24) is 4.90 Å². The Hall–Kier alpha value is -0.660. The van der Waals surface area contributed by atoms with Crippen molar-refractivity contribution in [3.63, 3.8) is 0 Å². The minimum atomic E-state index is -3.47. The molecule has 1 heterocycles. The maximum absolute atomic E-state index is 11.3. The zero-order valence-corrected chi connectivity index (χ0v) is 9.78. The zero-order chi connectivity index (χ0) is 11.6. The van der Waals surface area contributed by atoms with Gasteiger partial charge in [0.25, 0.3) is 10.1 Å². The molecule has 1 aliphatic heterocycles. The average molecular weight is 237 g/mol. The van der Waals surface area contributed by atoms with Crippen molar-refractivity contribution in [2.24, 2.45) is 0 Å². The van der Waals surface area contributed by atoms with Crippen LogP contribution in [0.4, 0.5) is 0 Å².